The number of hydrogen-bond donors (Lipinski definition) is 1. The van der Waals surface area contributed by atoms with Crippen molar-refractivity contribution in [3.63, 3.8) is 0 Å². The summed E-state index contributed by atoms with van der Waals surface area (Å²) in [6, 6.07) is 27.2. The van der Waals surface area contributed by atoms with Crippen LogP contribution in [0.25, 0.3) is 0 Å². The van der Waals surface area contributed by atoms with Gasteiger partial charge in [-0.25, -0.2) is 8.42 Å². The summed E-state index contributed by atoms with van der Waals surface area (Å²) >= 11 is 19.0. The number of carbonyl (C=O) groups excluding carboxylic acids is 2. The fraction of sp³-hybridized carbons (Fsp3) is 0.212. The number of benzene rings is 4. The minimum absolute atomic E-state index is 0.0119. The zero-order valence-corrected chi connectivity index (χ0v) is 27.2. The van der Waals surface area contributed by atoms with E-state index in [-0.39, 0.29) is 45.5 Å². The summed E-state index contributed by atoms with van der Waals surface area (Å²) in [5, 5.41) is 3.69. The quantitative estimate of drug-likeness (QED) is 0.176. The number of anilines is 1. The molecule has 4 aromatic rings. The van der Waals surface area contributed by atoms with Gasteiger partial charge in [0.05, 0.1) is 25.7 Å². The molecule has 44 heavy (non-hydrogen) atoms. The van der Waals surface area contributed by atoms with Crippen molar-refractivity contribution >= 4 is 62.3 Å². The Labute approximate surface area is 273 Å². The Balaban J connectivity index is 1.82. The zero-order valence-electron chi connectivity index (χ0n) is 24.2. The standard InChI is InChI=1S/C33H32Cl3N3O4S/c1-23(2)37-33(41)31(20-24-11-5-3-6-12-24)38(21-25-17-18-27(34)29(36)19-25)32(40)22-39(30-16-10-9-15-28(30)35)44(42,43)26-13-7-4-8-14-26/h3-19,23,31H,20-22H2,1-2H3,(H,37,41)/t31-/m1/s1. The van der Waals surface area contributed by atoms with E-state index in [4.69, 9.17) is 34.8 Å². The third kappa shape index (κ3) is 8.33. The molecular formula is C33H32Cl3N3O4S. The van der Waals surface area contributed by atoms with Crippen LogP contribution < -0.4 is 9.62 Å². The van der Waals surface area contributed by atoms with Crippen LogP contribution in [0.15, 0.2) is 108 Å². The molecule has 11 heteroatoms. The Kier molecular flexibility index (Phi) is 11.3. The molecule has 4 aromatic carbocycles. The smallest absolute Gasteiger partial charge is 0.264 e. The van der Waals surface area contributed by atoms with Gasteiger partial charge in [-0.3, -0.25) is 13.9 Å². The van der Waals surface area contributed by atoms with Crippen LogP contribution in [-0.4, -0.2) is 43.8 Å². The molecule has 0 radical (unpaired) electrons. The van der Waals surface area contributed by atoms with Crippen LogP contribution in [0.3, 0.4) is 0 Å². The third-order valence-corrected chi connectivity index (χ3v) is 9.60. The average molecular weight is 673 g/mol. The number of amides is 2. The van der Waals surface area contributed by atoms with E-state index >= 15 is 0 Å². The SMILES string of the molecule is CC(C)NC(=O)[C@@H](Cc1ccccc1)N(Cc1ccc(Cl)c(Cl)c1)C(=O)CN(c1ccccc1Cl)S(=O)(=O)c1ccccc1. The third-order valence-electron chi connectivity index (χ3n) is 6.77. The van der Waals surface area contributed by atoms with Crippen molar-refractivity contribution < 1.29 is 18.0 Å². The van der Waals surface area contributed by atoms with Gasteiger partial charge in [-0.05, 0) is 61.4 Å². The average Bonchev–Trinajstić information content (AvgIpc) is 3.00. The zero-order chi connectivity index (χ0) is 31.9. The van der Waals surface area contributed by atoms with Crippen LogP contribution in [0.1, 0.15) is 25.0 Å². The largest absolute Gasteiger partial charge is 0.352 e. The molecule has 0 fully saturated rings. The van der Waals surface area contributed by atoms with Gasteiger partial charge in [0.15, 0.2) is 0 Å². The van der Waals surface area contributed by atoms with Crippen molar-refractivity contribution in [2.24, 2.45) is 0 Å². The van der Waals surface area contributed by atoms with E-state index in [1.165, 1.54) is 23.1 Å². The van der Waals surface area contributed by atoms with E-state index in [0.29, 0.717) is 10.6 Å². The molecule has 0 aliphatic heterocycles. The highest BCUT2D eigenvalue weighted by Crippen LogP contribution is 2.31. The molecule has 4 rings (SSSR count). The van der Waals surface area contributed by atoms with E-state index in [2.05, 4.69) is 5.32 Å². The summed E-state index contributed by atoms with van der Waals surface area (Å²) in [5.41, 5.74) is 1.56. The van der Waals surface area contributed by atoms with Crippen LogP contribution in [0.4, 0.5) is 5.69 Å². The van der Waals surface area contributed by atoms with Crippen molar-refractivity contribution in [2.75, 3.05) is 10.8 Å². The Morgan fingerprint density at radius 2 is 1.36 bits per heavy atom. The van der Waals surface area contributed by atoms with Crippen LogP contribution in [0.5, 0.6) is 0 Å². The summed E-state index contributed by atoms with van der Waals surface area (Å²) < 4.78 is 29.0. The second-order valence-corrected chi connectivity index (χ2v) is 13.5. The summed E-state index contributed by atoms with van der Waals surface area (Å²) in [5.74, 6) is -0.997. The van der Waals surface area contributed by atoms with E-state index in [1.807, 2.05) is 44.2 Å². The van der Waals surface area contributed by atoms with Crippen molar-refractivity contribution in [2.45, 2.75) is 43.8 Å². The number of nitrogens with one attached hydrogen (secondary N) is 1. The van der Waals surface area contributed by atoms with E-state index in [0.717, 1.165) is 9.87 Å². The number of rotatable bonds is 12. The van der Waals surface area contributed by atoms with Crippen LogP contribution in [0.2, 0.25) is 15.1 Å². The number of nitrogens with zero attached hydrogens (tertiary/aromatic N) is 2. The van der Waals surface area contributed by atoms with Crippen molar-refractivity contribution in [1.29, 1.82) is 0 Å². The topological polar surface area (TPSA) is 86.8 Å². The summed E-state index contributed by atoms with van der Waals surface area (Å²) in [6.07, 6.45) is 0.185. The van der Waals surface area contributed by atoms with Gasteiger partial charge in [-0.1, -0.05) is 102 Å². The molecule has 0 spiro atoms. The molecule has 0 unspecified atom stereocenters. The molecule has 0 saturated heterocycles. The van der Waals surface area contributed by atoms with Gasteiger partial charge < -0.3 is 10.2 Å². The minimum atomic E-state index is -4.25. The first kappa shape index (κ1) is 33.3. The number of halogens is 3. The molecule has 7 nitrogen and oxygen atoms in total. The molecule has 2 amide bonds. The predicted octanol–water partition coefficient (Wildman–Crippen LogP) is 7.01. The lowest BCUT2D eigenvalue weighted by molar-refractivity contribution is -0.140. The van der Waals surface area contributed by atoms with Gasteiger partial charge in [0, 0.05) is 19.0 Å². The highest BCUT2D eigenvalue weighted by Gasteiger charge is 2.35. The van der Waals surface area contributed by atoms with Gasteiger partial charge in [-0.2, -0.15) is 0 Å². The molecule has 1 N–H and O–H groups in total. The van der Waals surface area contributed by atoms with Crippen LogP contribution in [0, 0.1) is 0 Å². The number of para-hydroxylation sites is 1. The number of hydrogen-bond acceptors (Lipinski definition) is 4. The van der Waals surface area contributed by atoms with E-state index in [9.17, 15) is 18.0 Å². The monoisotopic (exact) mass is 671 g/mol. The van der Waals surface area contributed by atoms with Gasteiger partial charge in [0.2, 0.25) is 11.8 Å². The first-order chi connectivity index (χ1) is 21.0. The Morgan fingerprint density at radius 1 is 0.750 bits per heavy atom. The lowest BCUT2D eigenvalue weighted by atomic mass is 10.0. The van der Waals surface area contributed by atoms with Crippen LogP contribution >= 0.6 is 34.8 Å². The molecular weight excluding hydrogens is 641 g/mol. The van der Waals surface area contributed by atoms with E-state index < -0.39 is 28.5 Å². The Hall–Kier alpha value is -3.56. The highest BCUT2D eigenvalue weighted by atomic mass is 35.5. The Bertz CT molecular complexity index is 1700. The lowest BCUT2D eigenvalue weighted by Crippen LogP contribution is -2.54. The molecule has 0 heterocycles. The van der Waals surface area contributed by atoms with E-state index in [1.54, 1.807) is 54.6 Å². The second kappa shape index (κ2) is 14.9. The van der Waals surface area contributed by atoms with Gasteiger partial charge >= 0.3 is 0 Å². The second-order valence-electron chi connectivity index (χ2n) is 10.4. The minimum Gasteiger partial charge on any atom is -0.352 e. The summed E-state index contributed by atoms with van der Waals surface area (Å²) in [7, 11) is -4.25. The lowest BCUT2D eigenvalue weighted by Gasteiger charge is -2.34. The van der Waals surface area contributed by atoms with Crippen molar-refractivity contribution in [3.8, 4) is 0 Å². The van der Waals surface area contributed by atoms with Gasteiger partial charge in [0.25, 0.3) is 10.0 Å². The number of carbonyl (C=O) groups is 2. The first-order valence-corrected chi connectivity index (χ1v) is 16.4. The molecule has 0 aromatic heterocycles. The summed E-state index contributed by atoms with van der Waals surface area (Å²) in [4.78, 5) is 29.5. The summed E-state index contributed by atoms with van der Waals surface area (Å²) in [6.45, 7) is 2.99. The van der Waals surface area contributed by atoms with Gasteiger partial charge in [-0.15, -0.1) is 0 Å². The molecule has 0 bridgehead atoms. The molecule has 230 valence electrons. The molecule has 0 aliphatic carbocycles. The Morgan fingerprint density at radius 3 is 1.98 bits per heavy atom. The fourth-order valence-corrected chi connectivity index (χ4v) is 6.72. The highest BCUT2D eigenvalue weighted by molar-refractivity contribution is 7.92. The van der Waals surface area contributed by atoms with Crippen molar-refractivity contribution in [1.82, 2.24) is 10.2 Å². The first-order valence-electron chi connectivity index (χ1n) is 13.9. The van der Waals surface area contributed by atoms with Crippen molar-refractivity contribution in [3.05, 3.63) is 129 Å². The molecule has 1 atom stereocenters. The normalized spacial score (nSPS) is 12.0. The predicted molar refractivity (Wildman–Crippen MR) is 177 cm³/mol. The van der Waals surface area contributed by atoms with Gasteiger partial charge in [0.1, 0.15) is 12.6 Å². The molecule has 0 aliphatic rings. The van der Waals surface area contributed by atoms with Crippen LogP contribution in [-0.2, 0) is 32.6 Å². The fourth-order valence-electron chi connectivity index (χ4n) is 4.66. The molecule has 0 saturated carbocycles. The number of sulfonamides is 1. The maximum Gasteiger partial charge on any atom is 0.264 e. The maximum absolute atomic E-state index is 14.4. The maximum atomic E-state index is 14.4.